The Morgan fingerprint density at radius 1 is 0.926 bits per heavy atom. The Morgan fingerprint density at radius 2 is 1.41 bits per heavy atom. The monoisotopic (exact) mass is 368 g/mol. The topological polar surface area (TPSA) is 58.6 Å². The van der Waals surface area contributed by atoms with Crippen LogP contribution in [0.3, 0.4) is 0 Å². The number of carbonyl (C=O) groups is 2. The van der Waals surface area contributed by atoms with Gasteiger partial charge in [-0.25, -0.2) is 4.79 Å². The maximum absolute atomic E-state index is 12.6. The van der Waals surface area contributed by atoms with E-state index in [9.17, 15) is 9.59 Å². The number of hydrogen-bond acceptors (Lipinski definition) is 4. The third-order valence-corrected chi connectivity index (χ3v) is 4.30. The van der Waals surface area contributed by atoms with Crippen molar-refractivity contribution in [1.82, 2.24) is 10.2 Å². The van der Waals surface area contributed by atoms with Gasteiger partial charge in [0.1, 0.15) is 6.04 Å². The van der Waals surface area contributed by atoms with Crippen LogP contribution in [0.4, 0.5) is 0 Å². The molecule has 1 N–H and O–H groups in total. The Hall–Kier alpha value is -2.66. The Morgan fingerprint density at radius 3 is 1.81 bits per heavy atom. The number of amides is 1. The van der Waals surface area contributed by atoms with Gasteiger partial charge in [-0.2, -0.15) is 0 Å². The number of esters is 1. The predicted octanol–water partition coefficient (Wildman–Crippen LogP) is 3.00. The highest BCUT2D eigenvalue weighted by Gasteiger charge is 2.25. The number of nitrogens with zero attached hydrogens (tertiary/aromatic N) is 1. The lowest BCUT2D eigenvalue weighted by Crippen LogP contribution is -2.48. The molecule has 0 aliphatic carbocycles. The molecule has 0 heterocycles. The molecule has 144 valence electrons. The van der Waals surface area contributed by atoms with Crippen LogP contribution in [-0.2, 0) is 27.4 Å². The second-order valence-electron chi connectivity index (χ2n) is 6.93. The minimum absolute atomic E-state index is 0.0434. The van der Waals surface area contributed by atoms with E-state index in [1.807, 2.05) is 74.5 Å². The van der Waals surface area contributed by atoms with Gasteiger partial charge in [-0.15, -0.1) is 0 Å². The quantitative estimate of drug-likeness (QED) is 0.691. The van der Waals surface area contributed by atoms with Crippen LogP contribution in [-0.4, -0.2) is 36.5 Å². The van der Waals surface area contributed by atoms with Crippen molar-refractivity contribution in [2.24, 2.45) is 5.92 Å². The first-order valence-electron chi connectivity index (χ1n) is 9.17. The van der Waals surface area contributed by atoms with Gasteiger partial charge in [-0.1, -0.05) is 74.5 Å². The van der Waals surface area contributed by atoms with Crippen LogP contribution in [0.15, 0.2) is 60.7 Å². The molecule has 5 nitrogen and oxygen atoms in total. The summed E-state index contributed by atoms with van der Waals surface area (Å²) in [5.74, 6) is -0.653. The number of ether oxygens (including phenoxy) is 1. The van der Waals surface area contributed by atoms with Gasteiger partial charge in [-0.05, 0) is 17.0 Å². The average Bonchev–Trinajstić information content (AvgIpc) is 2.67. The normalized spacial score (nSPS) is 12.0. The van der Waals surface area contributed by atoms with Crippen molar-refractivity contribution < 1.29 is 14.3 Å². The molecule has 0 saturated heterocycles. The highest BCUT2D eigenvalue weighted by molar-refractivity contribution is 5.85. The molecule has 0 fully saturated rings. The molecule has 1 unspecified atom stereocenters. The first-order valence-corrected chi connectivity index (χ1v) is 9.17. The molecule has 2 rings (SSSR count). The van der Waals surface area contributed by atoms with Crippen molar-refractivity contribution >= 4 is 11.9 Å². The fourth-order valence-corrected chi connectivity index (χ4v) is 2.90. The third kappa shape index (κ3) is 6.87. The second kappa shape index (κ2) is 10.5. The summed E-state index contributed by atoms with van der Waals surface area (Å²) >= 11 is 0. The molecule has 0 bridgehead atoms. The first-order chi connectivity index (χ1) is 13.0. The van der Waals surface area contributed by atoms with Crippen molar-refractivity contribution in [2.45, 2.75) is 33.0 Å². The number of rotatable bonds is 9. The van der Waals surface area contributed by atoms with Gasteiger partial charge in [0.25, 0.3) is 0 Å². The summed E-state index contributed by atoms with van der Waals surface area (Å²) < 4.78 is 4.80. The molecule has 0 spiro atoms. The van der Waals surface area contributed by atoms with Gasteiger partial charge in [-0.3, -0.25) is 9.69 Å². The molecule has 2 aromatic rings. The van der Waals surface area contributed by atoms with Crippen molar-refractivity contribution in [1.29, 1.82) is 0 Å². The minimum Gasteiger partial charge on any atom is -0.467 e. The molecule has 27 heavy (non-hydrogen) atoms. The summed E-state index contributed by atoms with van der Waals surface area (Å²) in [6, 6.07) is 19.4. The van der Waals surface area contributed by atoms with Crippen LogP contribution in [0, 0.1) is 5.92 Å². The van der Waals surface area contributed by atoms with E-state index in [0.717, 1.165) is 11.1 Å². The van der Waals surface area contributed by atoms with Crippen molar-refractivity contribution in [3.63, 3.8) is 0 Å². The molecular weight excluding hydrogens is 340 g/mol. The van der Waals surface area contributed by atoms with Gasteiger partial charge in [0.15, 0.2) is 0 Å². The Kier molecular flexibility index (Phi) is 8.01. The zero-order valence-electron chi connectivity index (χ0n) is 16.2. The smallest absolute Gasteiger partial charge is 0.328 e. The van der Waals surface area contributed by atoms with Crippen LogP contribution in [0.1, 0.15) is 25.0 Å². The van der Waals surface area contributed by atoms with E-state index in [1.54, 1.807) is 0 Å². The van der Waals surface area contributed by atoms with E-state index in [4.69, 9.17) is 4.74 Å². The first kappa shape index (κ1) is 20.6. The van der Waals surface area contributed by atoms with Crippen molar-refractivity contribution in [3.05, 3.63) is 71.8 Å². The Balaban J connectivity index is 2.07. The molecule has 0 aliphatic rings. The molecule has 0 aromatic heterocycles. The summed E-state index contributed by atoms with van der Waals surface area (Å²) in [7, 11) is 1.33. The molecule has 0 aliphatic heterocycles. The van der Waals surface area contributed by atoms with Crippen molar-refractivity contribution in [3.8, 4) is 0 Å². The number of methoxy groups -OCH3 is 1. The van der Waals surface area contributed by atoms with Gasteiger partial charge >= 0.3 is 5.97 Å². The molecule has 5 heteroatoms. The second-order valence-corrected chi connectivity index (χ2v) is 6.93. The minimum atomic E-state index is -0.641. The molecule has 0 saturated carbocycles. The van der Waals surface area contributed by atoms with Gasteiger partial charge < -0.3 is 10.1 Å². The number of benzene rings is 2. The van der Waals surface area contributed by atoms with Gasteiger partial charge in [0.2, 0.25) is 5.91 Å². The Labute approximate surface area is 161 Å². The van der Waals surface area contributed by atoms with Crippen LogP contribution in [0.25, 0.3) is 0 Å². The van der Waals surface area contributed by atoms with E-state index >= 15 is 0 Å². The lowest BCUT2D eigenvalue weighted by Gasteiger charge is -2.25. The van der Waals surface area contributed by atoms with Crippen LogP contribution >= 0.6 is 0 Å². The predicted molar refractivity (Wildman–Crippen MR) is 106 cm³/mol. The highest BCUT2D eigenvalue weighted by atomic mass is 16.5. The molecular formula is C22H28N2O3. The SMILES string of the molecule is COC(=O)C(NC(=O)CN(Cc1ccccc1)Cc1ccccc1)C(C)C. The van der Waals surface area contributed by atoms with E-state index < -0.39 is 12.0 Å². The zero-order valence-corrected chi connectivity index (χ0v) is 16.2. The van der Waals surface area contributed by atoms with E-state index in [1.165, 1.54) is 7.11 Å². The van der Waals surface area contributed by atoms with Crippen LogP contribution in [0.5, 0.6) is 0 Å². The molecule has 2 aromatic carbocycles. The largest absolute Gasteiger partial charge is 0.467 e. The maximum Gasteiger partial charge on any atom is 0.328 e. The van der Waals surface area contributed by atoms with Crippen LogP contribution in [0.2, 0.25) is 0 Å². The van der Waals surface area contributed by atoms with Gasteiger partial charge in [0, 0.05) is 13.1 Å². The third-order valence-electron chi connectivity index (χ3n) is 4.30. The standard InChI is InChI=1S/C22H28N2O3/c1-17(2)21(22(26)27-3)23-20(25)16-24(14-18-10-6-4-7-11-18)15-19-12-8-5-9-13-19/h4-13,17,21H,14-16H2,1-3H3,(H,23,25). The van der Waals surface area contributed by atoms with Gasteiger partial charge in [0.05, 0.1) is 13.7 Å². The Bertz CT molecular complexity index is 675. The molecule has 1 amide bonds. The lowest BCUT2D eigenvalue weighted by molar-refractivity contribution is -0.146. The maximum atomic E-state index is 12.6. The van der Waals surface area contributed by atoms with E-state index in [2.05, 4.69) is 10.2 Å². The summed E-state index contributed by atoms with van der Waals surface area (Å²) in [4.78, 5) is 26.6. The summed E-state index contributed by atoms with van der Waals surface area (Å²) in [6.45, 7) is 5.26. The number of nitrogens with one attached hydrogen (secondary N) is 1. The van der Waals surface area contributed by atoms with E-state index in [0.29, 0.717) is 13.1 Å². The highest BCUT2D eigenvalue weighted by Crippen LogP contribution is 2.10. The van der Waals surface area contributed by atoms with E-state index in [-0.39, 0.29) is 18.4 Å². The lowest BCUT2D eigenvalue weighted by atomic mass is 10.0. The summed E-state index contributed by atoms with van der Waals surface area (Å²) in [6.07, 6.45) is 0. The summed E-state index contributed by atoms with van der Waals surface area (Å²) in [5.41, 5.74) is 2.27. The average molecular weight is 368 g/mol. The zero-order chi connectivity index (χ0) is 19.6. The fourth-order valence-electron chi connectivity index (χ4n) is 2.90. The fraction of sp³-hybridized carbons (Fsp3) is 0.364. The summed E-state index contributed by atoms with van der Waals surface area (Å²) in [5, 5.41) is 2.81. The number of hydrogen-bond donors (Lipinski definition) is 1. The molecule has 0 radical (unpaired) electrons. The molecule has 1 atom stereocenters. The van der Waals surface area contributed by atoms with Crippen LogP contribution < -0.4 is 5.32 Å². The van der Waals surface area contributed by atoms with Crippen molar-refractivity contribution in [2.75, 3.05) is 13.7 Å². The number of carbonyl (C=O) groups excluding carboxylic acids is 2.